The molecule has 4 heteroatoms. The molecule has 0 amide bonds. The Morgan fingerprint density at radius 1 is 1.11 bits per heavy atom. The van der Waals surface area contributed by atoms with Gasteiger partial charge in [0.25, 0.3) is 0 Å². The molecule has 0 saturated carbocycles. The van der Waals surface area contributed by atoms with Crippen molar-refractivity contribution in [2.24, 2.45) is 0 Å². The predicted molar refractivity (Wildman–Crippen MR) is 66.6 cm³/mol. The van der Waals surface area contributed by atoms with E-state index in [1.54, 1.807) is 13.0 Å². The van der Waals surface area contributed by atoms with Gasteiger partial charge in [-0.05, 0) is 36.2 Å². The average molecular weight is 269 g/mol. The van der Waals surface area contributed by atoms with E-state index in [-0.39, 0.29) is 10.6 Å². The standard InChI is InChI=1S/C14H11ClF2O/c1-8-5-6-9(16)7-11(8)14(18)10-3-2-4-12(15)13(10)17/h2-7,14,18H,1H3. The van der Waals surface area contributed by atoms with E-state index >= 15 is 0 Å². The van der Waals surface area contributed by atoms with E-state index in [1.165, 1.54) is 30.3 Å². The third-order valence-corrected chi connectivity index (χ3v) is 3.10. The minimum atomic E-state index is -1.24. The molecule has 2 aromatic rings. The zero-order valence-corrected chi connectivity index (χ0v) is 10.4. The van der Waals surface area contributed by atoms with Crippen molar-refractivity contribution in [3.05, 3.63) is 69.7 Å². The van der Waals surface area contributed by atoms with Crippen LogP contribution in [0.3, 0.4) is 0 Å². The molecule has 0 aliphatic rings. The van der Waals surface area contributed by atoms with Gasteiger partial charge in [0.2, 0.25) is 0 Å². The molecule has 0 aromatic heterocycles. The number of rotatable bonds is 2. The maximum atomic E-state index is 13.8. The summed E-state index contributed by atoms with van der Waals surface area (Å²) >= 11 is 5.66. The Balaban J connectivity index is 2.51. The highest BCUT2D eigenvalue weighted by Crippen LogP contribution is 2.29. The summed E-state index contributed by atoms with van der Waals surface area (Å²) in [6.07, 6.45) is -1.24. The molecule has 0 aliphatic heterocycles. The molecule has 0 saturated heterocycles. The molecule has 2 aromatic carbocycles. The fourth-order valence-corrected chi connectivity index (χ4v) is 1.99. The summed E-state index contributed by atoms with van der Waals surface area (Å²) in [5.41, 5.74) is 1.05. The van der Waals surface area contributed by atoms with Crippen molar-refractivity contribution in [3.63, 3.8) is 0 Å². The number of hydrogen-bond donors (Lipinski definition) is 1. The highest BCUT2D eigenvalue weighted by molar-refractivity contribution is 6.30. The zero-order valence-electron chi connectivity index (χ0n) is 9.62. The first-order valence-electron chi connectivity index (χ1n) is 5.38. The molecule has 1 unspecified atom stereocenters. The Morgan fingerprint density at radius 2 is 1.83 bits per heavy atom. The third kappa shape index (κ3) is 2.37. The Morgan fingerprint density at radius 3 is 2.56 bits per heavy atom. The van der Waals surface area contributed by atoms with Crippen molar-refractivity contribution in [3.8, 4) is 0 Å². The lowest BCUT2D eigenvalue weighted by Crippen LogP contribution is -2.05. The number of aliphatic hydroxyl groups excluding tert-OH is 1. The number of aryl methyl sites for hydroxylation is 1. The smallest absolute Gasteiger partial charge is 0.147 e. The molecule has 2 rings (SSSR count). The van der Waals surface area contributed by atoms with Crippen molar-refractivity contribution in [2.45, 2.75) is 13.0 Å². The van der Waals surface area contributed by atoms with E-state index in [1.807, 2.05) is 0 Å². The lowest BCUT2D eigenvalue weighted by atomic mass is 9.97. The molecule has 1 N–H and O–H groups in total. The summed E-state index contributed by atoms with van der Waals surface area (Å²) in [5.74, 6) is -1.16. The van der Waals surface area contributed by atoms with Gasteiger partial charge in [-0.3, -0.25) is 0 Å². The number of aliphatic hydroxyl groups is 1. The van der Waals surface area contributed by atoms with Gasteiger partial charge in [0.05, 0.1) is 5.02 Å². The van der Waals surface area contributed by atoms with Crippen LogP contribution in [0, 0.1) is 18.6 Å². The average Bonchev–Trinajstić information content (AvgIpc) is 2.35. The van der Waals surface area contributed by atoms with Gasteiger partial charge in [0.15, 0.2) is 0 Å². The maximum absolute atomic E-state index is 13.8. The van der Waals surface area contributed by atoms with Gasteiger partial charge in [-0.2, -0.15) is 0 Å². The van der Waals surface area contributed by atoms with Gasteiger partial charge in [-0.1, -0.05) is 29.8 Å². The molecule has 18 heavy (non-hydrogen) atoms. The fourth-order valence-electron chi connectivity index (χ4n) is 1.81. The Kier molecular flexibility index (Phi) is 3.64. The van der Waals surface area contributed by atoms with Crippen LogP contribution in [-0.4, -0.2) is 5.11 Å². The maximum Gasteiger partial charge on any atom is 0.147 e. The summed E-state index contributed by atoms with van der Waals surface area (Å²) in [5, 5.41) is 10.1. The van der Waals surface area contributed by atoms with Gasteiger partial charge in [0, 0.05) is 5.56 Å². The van der Waals surface area contributed by atoms with Gasteiger partial charge >= 0.3 is 0 Å². The first-order valence-corrected chi connectivity index (χ1v) is 5.76. The van der Waals surface area contributed by atoms with Crippen LogP contribution in [0.5, 0.6) is 0 Å². The van der Waals surface area contributed by atoms with Crippen LogP contribution in [0.25, 0.3) is 0 Å². The molecule has 94 valence electrons. The molecule has 0 fully saturated rings. The summed E-state index contributed by atoms with van der Waals surface area (Å²) in [4.78, 5) is 0. The Hall–Kier alpha value is -1.45. The predicted octanol–water partition coefficient (Wildman–Crippen LogP) is 4.01. The SMILES string of the molecule is Cc1ccc(F)cc1C(O)c1cccc(Cl)c1F. The van der Waals surface area contributed by atoms with Crippen LogP contribution >= 0.6 is 11.6 Å². The van der Waals surface area contributed by atoms with E-state index in [0.717, 1.165) is 0 Å². The minimum Gasteiger partial charge on any atom is -0.384 e. The highest BCUT2D eigenvalue weighted by atomic mass is 35.5. The molecule has 0 spiro atoms. The lowest BCUT2D eigenvalue weighted by molar-refractivity contribution is 0.213. The molecule has 0 heterocycles. The number of hydrogen-bond acceptors (Lipinski definition) is 1. The van der Waals surface area contributed by atoms with Gasteiger partial charge < -0.3 is 5.11 Å². The second kappa shape index (κ2) is 5.04. The van der Waals surface area contributed by atoms with Gasteiger partial charge in [0.1, 0.15) is 17.7 Å². The quantitative estimate of drug-likeness (QED) is 0.873. The first-order chi connectivity index (χ1) is 8.50. The lowest BCUT2D eigenvalue weighted by Gasteiger charge is -2.15. The third-order valence-electron chi connectivity index (χ3n) is 2.81. The Labute approximate surface area is 109 Å². The largest absolute Gasteiger partial charge is 0.384 e. The molecular weight excluding hydrogens is 258 g/mol. The molecular formula is C14H11ClF2O. The van der Waals surface area contributed by atoms with E-state index in [0.29, 0.717) is 11.1 Å². The molecule has 0 bridgehead atoms. The summed E-state index contributed by atoms with van der Waals surface area (Å²) in [6.45, 7) is 1.72. The molecule has 0 radical (unpaired) electrons. The first kappa shape index (κ1) is 13.0. The van der Waals surface area contributed by atoms with Crippen LogP contribution < -0.4 is 0 Å². The van der Waals surface area contributed by atoms with E-state index in [2.05, 4.69) is 0 Å². The van der Waals surface area contributed by atoms with Crippen molar-refractivity contribution in [1.82, 2.24) is 0 Å². The topological polar surface area (TPSA) is 20.2 Å². The summed E-state index contributed by atoms with van der Waals surface area (Å²) in [6, 6.07) is 8.39. The summed E-state index contributed by atoms with van der Waals surface area (Å²) in [7, 11) is 0. The van der Waals surface area contributed by atoms with Gasteiger partial charge in [-0.15, -0.1) is 0 Å². The van der Waals surface area contributed by atoms with Crippen molar-refractivity contribution < 1.29 is 13.9 Å². The van der Waals surface area contributed by atoms with E-state index < -0.39 is 17.7 Å². The molecule has 1 atom stereocenters. The normalized spacial score (nSPS) is 12.5. The van der Waals surface area contributed by atoms with E-state index in [4.69, 9.17) is 11.6 Å². The van der Waals surface area contributed by atoms with Crippen LogP contribution in [0.1, 0.15) is 22.8 Å². The van der Waals surface area contributed by atoms with Crippen molar-refractivity contribution >= 4 is 11.6 Å². The fraction of sp³-hybridized carbons (Fsp3) is 0.143. The van der Waals surface area contributed by atoms with Crippen LogP contribution in [0.2, 0.25) is 5.02 Å². The van der Waals surface area contributed by atoms with E-state index in [9.17, 15) is 13.9 Å². The van der Waals surface area contributed by atoms with Gasteiger partial charge in [-0.25, -0.2) is 8.78 Å². The zero-order chi connectivity index (χ0) is 13.3. The summed E-state index contributed by atoms with van der Waals surface area (Å²) < 4.78 is 27.0. The second-order valence-electron chi connectivity index (χ2n) is 4.05. The monoisotopic (exact) mass is 268 g/mol. The second-order valence-corrected chi connectivity index (χ2v) is 4.45. The van der Waals surface area contributed by atoms with Crippen molar-refractivity contribution in [2.75, 3.05) is 0 Å². The molecule has 1 nitrogen and oxygen atoms in total. The molecule has 0 aliphatic carbocycles. The van der Waals surface area contributed by atoms with Crippen LogP contribution in [0.4, 0.5) is 8.78 Å². The number of halogens is 3. The van der Waals surface area contributed by atoms with Crippen LogP contribution in [-0.2, 0) is 0 Å². The minimum absolute atomic E-state index is 0.0381. The van der Waals surface area contributed by atoms with Crippen LogP contribution in [0.15, 0.2) is 36.4 Å². The Bertz CT molecular complexity index is 582. The number of benzene rings is 2. The highest BCUT2D eigenvalue weighted by Gasteiger charge is 2.18. The van der Waals surface area contributed by atoms with Crippen molar-refractivity contribution in [1.29, 1.82) is 0 Å².